The molecule has 1 unspecified atom stereocenters. The molecule has 180 valence electrons. The fourth-order valence-electron chi connectivity index (χ4n) is 4.83. The Kier molecular flexibility index (Phi) is 5.95. The van der Waals surface area contributed by atoms with Gasteiger partial charge in [-0.25, -0.2) is 13.8 Å². The SMILES string of the molecule is COc1ccc(C2=CSC3=NC4=C(CNC/C4=C\c4ccc(F)cc4)C(c4ccc(F)cc4)N23)cc1. The van der Waals surface area contributed by atoms with Gasteiger partial charge in [-0.3, -0.25) is 0 Å². The number of amidine groups is 1. The van der Waals surface area contributed by atoms with E-state index in [9.17, 15) is 8.78 Å². The lowest BCUT2D eigenvalue weighted by atomic mass is 9.88. The van der Waals surface area contributed by atoms with Gasteiger partial charge < -0.3 is 15.0 Å². The molecule has 4 nitrogen and oxygen atoms in total. The zero-order valence-corrected chi connectivity index (χ0v) is 20.4. The molecule has 0 bridgehead atoms. The van der Waals surface area contributed by atoms with Gasteiger partial charge in [-0.15, -0.1) is 0 Å². The molecule has 1 atom stereocenters. The first-order valence-corrected chi connectivity index (χ1v) is 12.5. The predicted octanol–water partition coefficient (Wildman–Crippen LogP) is 6.37. The van der Waals surface area contributed by atoms with Gasteiger partial charge in [-0.1, -0.05) is 36.0 Å². The van der Waals surface area contributed by atoms with E-state index in [4.69, 9.17) is 9.73 Å². The first-order valence-electron chi connectivity index (χ1n) is 11.7. The van der Waals surface area contributed by atoms with E-state index in [1.807, 2.05) is 36.4 Å². The molecule has 0 radical (unpaired) electrons. The van der Waals surface area contributed by atoms with Crippen LogP contribution in [0, 0.1) is 11.6 Å². The molecule has 1 N–H and O–H groups in total. The van der Waals surface area contributed by atoms with Crippen LogP contribution < -0.4 is 10.1 Å². The number of ether oxygens (including phenoxy) is 1. The molecule has 0 saturated carbocycles. The lowest BCUT2D eigenvalue weighted by molar-refractivity contribution is 0.414. The van der Waals surface area contributed by atoms with E-state index in [0.29, 0.717) is 13.1 Å². The highest BCUT2D eigenvalue weighted by molar-refractivity contribution is 8.16. The maximum atomic E-state index is 13.9. The second kappa shape index (κ2) is 9.41. The van der Waals surface area contributed by atoms with E-state index in [1.54, 1.807) is 31.0 Å². The molecule has 3 aromatic rings. The largest absolute Gasteiger partial charge is 0.497 e. The molecule has 36 heavy (non-hydrogen) atoms. The number of thioether (sulfide) groups is 1. The van der Waals surface area contributed by atoms with Crippen molar-refractivity contribution in [3.8, 4) is 5.75 Å². The first kappa shape index (κ1) is 22.8. The normalized spacial score (nSPS) is 20.1. The van der Waals surface area contributed by atoms with Crippen LogP contribution >= 0.6 is 11.8 Å². The lowest BCUT2D eigenvalue weighted by Gasteiger charge is -2.40. The number of hydrogen-bond donors (Lipinski definition) is 1. The molecule has 7 heteroatoms. The number of benzene rings is 3. The molecule has 0 fully saturated rings. The maximum absolute atomic E-state index is 13.9. The summed E-state index contributed by atoms with van der Waals surface area (Å²) in [4.78, 5) is 7.35. The average molecular weight is 500 g/mol. The van der Waals surface area contributed by atoms with Gasteiger partial charge in [0.2, 0.25) is 0 Å². The molecular formula is C29H23F2N3OS. The van der Waals surface area contributed by atoms with Crippen LogP contribution in [0.15, 0.2) is 100 Å². The van der Waals surface area contributed by atoms with Gasteiger partial charge in [0.05, 0.1) is 24.5 Å². The molecule has 0 aromatic heterocycles. The fraction of sp³-hybridized carbons (Fsp3) is 0.138. The van der Waals surface area contributed by atoms with E-state index in [2.05, 4.69) is 21.7 Å². The summed E-state index contributed by atoms with van der Waals surface area (Å²) in [5.41, 5.74) is 7.09. The van der Waals surface area contributed by atoms with Crippen LogP contribution in [0.25, 0.3) is 11.8 Å². The molecule has 0 aliphatic carbocycles. The molecule has 3 heterocycles. The van der Waals surface area contributed by atoms with Crippen LogP contribution in [0.3, 0.4) is 0 Å². The predicted molar refractivity (Wildman–Crippen MR) is 141 cm³/mol. The molecule has 3 aliphatic heterocycles. The Hall–Kier alpha value is -3.68. The number of hydrogen-bond acceptors (Lipinski definition) is 5. The van der Waals surface area contributed by atoms with E-state index in [0.717, 1.165) is 50.1 Å². The summed E-state index contributed by atoms with van der Waals surface area (Å²) in [5, 5.41) is 6.51. The van der Waals surface area contributed by atoms with Crippen molar-refractivity contribution in [1.29, 1.82) is 0 Å². The monoisotopic (exact) mass is 499 g/mol. The number of methoxy groups -OCH3 is 1. The van der Waals surface area contributed by atoms with Crippen molar-refractivity contribution in [3.63, 3.8) is 0 Å². The van der Waals surface area contributed by atoms with Crippen molar-refractivity contribution in [2.75, 3.05) is 20.2 Å². The first-order chi connectivity index (χ1) is 17.6. The Morgan fingerprint density at radius 2 is 1.64 bits per heavy atom. The fourth-order valence-corrected chi connectivity index (χ4v) is 5.75. The summed E-state index contributed by atoms with van der Waals surface area (Å²) < 4.78 is 32.7. The third-order valence-electron chi connectivity index (χ3n) is 6.56. The zero-order valence-electron chi connectivity index (χ0n) is 19.5. The van der Waals surface area contributed by atoms with Crippen molar-refractivity contribution in [2.45, 2.75) is 6.04 Å². The highest BCUT2D eigenvalue weighted by Crippen LogP contribution is 2.48. The summed E-state index contributed by atoms with van der Waals surface area (Å²) in [5.74, 6) is 0.269. The number of nitrogens with zero attached hydrogens (tertiary/aromatic N) is 2. The lowest BCUT2D eigenvalue weighted by Crippen LogP contribution is -2.40. The van der Waals surface area contributed by atoms with E-state index in [-0.39, 0.29) is 17.7 Å². The maximum Gasteiger partial charge on any atom is 0.174 e. The van der Waals surface area contributed by atoms with Gasteiger partial charge in [0.25, 0.3) is 0 Å². The minimum Gasteiger partial charge on any atom is -0.497 e. The van der Waals surface area contributed by atoms with E-state index in [1.165, 1.54) is 24.3 Å². The summed E-state index contributed by atoms with van der Waals surface area (Å²) >= 11 is 1.58. The van der Waals surface area contributed by atoms with Gasteiger partial charge in [-0.05, 0) is 82.4 Å². The topological polar surface area (TPSA) is 36.9 Å². The second-order valence-corrected chi connectivity index (χ2v) is 9.60. The molecule has 6 rings (SSSR count). The summed E-state index contributed by atoms with van der Waals surface area (Å²) in [7, 11) is 1.65. The summed E-state index contributed by atoms with van der Waals surface area (Å²) in [6.45, 7) is 1.32. The van der Waals surface area contributed by atoms with Crippen molar-refractivity contribution in [2.24, 2.45) is 4.99 Å². The Bertz CT molecular complexity index is 1420. The Morgan fingerprint density at radius 1 is 0.944 bits per heavy atom. The number of rotatable bonds is 4. The molecular weight excluding hydrogens is 476 g/mol. The van der Waals surface area contributed by atoms with Crippen molar-refractivity contribution in [3.05, 3.63) is 123 Å². The number of fused-ring (bicyclic) bond motifs is 1. The third-order valence-corrected chi connectivity index (χ3v) is 7.40. The summed E-state index contributed by atoms with van der Waals surface area (Å²) in [6, 6.07) is 21.0. The molecule has 3 aliphatic rings. The highest BCUT2D eigenvalue weighted by atomic mass is 32.2. The minimum atomic E-state index is -0.266. The van der Waals surface area contributed by atoms with Gasteiger partial charge in [-0.2, -0.15) is 0 Å². The van der Waals surface area contributed by atoms with Crippen LogP contribution in [0.5, 0.6) is 5.75 Å². The van der Waals surface area contributed by atoms with Crippen LogP contribution in [0.4, 0.5) is 8.78 Å². The average Bonchev–Trinajstić information content (AvgIpc) is 3.33. The Balaban J connectivity index is 1.47. The van der Waals surface area contributed by atoms with Crippen LogP contribution in [-0.2, 0) is 0 Å². The quantitative estimate of drug-likeness (QED) is 0.453. The minimum absolute atomic E-state index is 0.152. The zero-order chi connectivity index (χ0) is 24.6. The van der Waals surface area contributed by atoms with Gasteiger partial charge in [0.1, 0.15) is 17.4 Å². The molecule has 3 aromatic carbocycles. The second-order valence-electron chi connectivity index (χ2n) is 8.77. The van der Waals surface area contributed by atoms with Gasteiger partial charge in [0.15, 0.2) is 5.17 Å². The standard InChI is InChI=1S/C29H23F2N3OS/c1-35-24-12-6-19(7-13-24)26-17-36-29-33-27-21(14-18-2-8-22(30)9-3-18)15-32-16-25(27)28(34(26)29)20-4-10-23(31)11-5-20/h2-14,17,28,32H,15-16H2,1H3/b21-14+. The Morgan fingerprint density at radius 3 is 2.33 bits per heavy atom. The number of nitrogens with one attached hydrogen (secondary N) is 1. The number of aliphatic imine (C=N–C) groups is 1. The van der Waals surface area contributed by atoms with Gasteiger partial charge in [0, 0.05) is 18.5 Å². The summed E-state index contributed by atoms with van der Waals surface area (Å²) in [6.07, 6.45) is 2.06. The van der Waals surface area contributed by atoms with Crippen molar-refractivity contribution in [1.82, 2.24) is 10.2 Å². The highest BCUT2D eigenvalue weighted by Gasteiger charge is 2.40. The van der Waals surface area contributed by atoms with E-state index >= 15 is 0 Å². The van der Waals surface area contributed by atoms with Crippen LogP contribution in [-0.4, -0.2) is 30.3 Å². The van der Waals surface area contributed by atoms with Gasteiger partial charge >= 0.3 is 0 Å². The molecule has 0 saturated heterocycles. The van der Waals surface area contributed by atoms with Crippen molar-refractivity contribution < 1.29 is 13.5 Å². The van der Waals surface area contributed by atoms with Crippen LogP contribution in [0.2, 0.25) is 0 Å². The smallest absolute Gasteiger partial charge is 0.174 e. The molecule has 0 spiro atoms. The van der Waals surface area contributed by atoms with E-state index < -0.39 is 0 Å². The number of halogens is 2. The molecule has 0 amide bonds. The third kappa shape index (κ3) is 4.14. The Labute approximate surface area is 212 Å². The van der Waals surface area contributed by atoms with Crippen molar-refractivity contribution >= 4 is 28.7 Å². The van der Waals surface area contributed by atoms with Crippen LogP contribution in [0.1, 0.15) is 22.7 Å².